The summed E-state index contributed by atoms with van der Waals surface area (Å²) >= 11 is 0. The van der Waals surface area contributed by atoms with E-state index in [2.05, 4.69) is 10.6 Å². The Morgan fingerprint density at radius 1 is 1.10 bits per heavy atom. The molecule has 1 aliphatic carbocycles. The number of rotatable bonds is 7. The molecule has 0 saturated heterocycles. The highest BCUT2D eigenvalue weighted by Crippen LogP contribution is 2.29. The van der Waals surface area contributed by atoms with Crippen molar-refractivity contribution in [2.45, 2.75) is 58.4 Å². The fraction of sp³-hybridized carbons (Fsp3) is 0.867. The van der Waals surface area contributed by atoms with E-state index in [0.29, 0.717) is 31.2 Å². The number of carbonyl (C=O) groups excluding carboxylic acids is 2. The second-order valence-corrected chi connectivity index (χ2v) is 6.15. The average Bonchev–Trinajstić information content (AvgIpc) is 2.38. The summed E-state index contributed by atoms with van der Waals surface area (Å²) in [5, 5.41) is 5.64. The van der Waals surface area contributed by atoms with Gasteiger partial charge >= 0.3 is 0 Å². The van der Waals surface area contributed by atoms with Crippen molar-refractivity contribution in [3.8, 4) is 0 Å². The molecular weight excluding hydrogens is 254 g/mol. The highest BCUT2D eigenvalue weighted by molar-refractivity contribution is 5.79. The van der Waals surface area contributed by atoms with Crippen LogP contribution in [0.3, 0.4) is 0 Å². The summed E-state index contributed by atoms with van der Waals surface area (Å²) in [5.74, 6) is 1.19. The van der Waals surface area contributed by atoms with Gasteiger partial charge in [-0.3, -0.25) is 9.59 Å². The zero-order valence-corrected chi connectivity index (χ0v) is 12.8. The molecule has 0 aromatic heterocycles. The van der Waals surface area contributed by atoms with Gasteiger partial charge in [0.1, 0.15) is 0 Å². The molecular formula is C15H29N3O2. The van der Waals surface area contributed by atoms with Crippen LogP contribution in [-0.4, -0.2) is 30.9 Å². The Morgan fingerprint density at radius 3 is 2.25 bits per heavy atom. The molecule has 0 aromatic rings. The van der Waals surface area contributed by atoms with E-state index in [4.69, 9.17) is 5.73 Å². The van der Waals surface area contributed by atoms with Gasteiger partial charge in [-0.05, 0) is 57.9 Å². The summed E-state index contributed by atoms with van der Waals surface area (Å²) in [4.78, 5) is 23.2. The van der Waals surface area contributed by atoms with Crippen LogP contribution in [0.25, 0.3) is 0 Å². The van der Waals surface area contributed by atoms with Gasteiger partial charge in [0.05, 0.1) is 0 Å². The van der Waals surface area contributed by atoms with E-state index in [0.717, 1.165) is 32.2 Å². The van der Waals surface area contributed by atoms with Crippen LogP contribution in [-0.2, 0) is 9.59 Å². The summed E-state index contributed by atoms with van der Waals surface area (Å²) in [5.41, 5.74) is 5.66. The second kappa shape index (κ2) is 8.95. The van der Waals surface area contributed by atoms with Crippen molar-refractivity contribution in [3.05, 3.63) is 0 Å². The Balaban J connectivity index is 2.10. The summed E-state index contributed by atoms with van der Waals surface area (Å²) < 4.78 is 0. The van der Waals surface area contributed by atoms with Gasteiger partial charge in [-0.25, -0.2) is 0 Å². The van der Waals surface area contributed by atoms with Crippen molar-refractivity contribution in [2.75, 3.05) is 13.1 Å². The minimum absolute atomic E-state index is 0.0104. The van der Waals surface area contributed by atoms with Gasteiger partial charge in [0, 0.05) is 25.4 Å². The normalized spacial score (nSPS) is 22.6. The first-order chi connectivity index (χ1) is 9.51. The van der Waals surface area contributed by atoms with E-state index in [1.807, 2.05) is 13.8 Å². The van der Waals surface area contributed by atoms with Crippen molar-refractivity contribution in [1.29, 1.82) is 0 Å². The first-order valence-corrected chi connectivity index (χ1v) is 7.77. The molecule has 5 heteroatoms. The highest BCUT2D eigenvalue weighted by atomic mass is 16.2. The number of nitrogens with one attached hydrogen (secondary N) is 2. The van der Waals surface area contributed by atoms with E-state index < -0.39 is 0 Å². The third-order valence-electron chi connectivity index (χ3n) is 3.90. The maximum atomic E-state index is 11.8. The van der Waals surface area contributed by atoms with E-state index in [-0.39, 0.29) is 17.9 Å². The van der Waals surface area contributed by atoms with Gasteiger partial charge in [-0.1, -0.05) is 0 Å². The monoisotopic (exact) mass is 283 g/mol. The number of hydrogen-bond donors (Lipinski definition) is 3. The predicted octanol–water partition coefficient (Wildman–Crippen LogP) is 1.17. The molecule has 0 unspecified atom stereocenters. The second-order valence-electron chi connectivity index (χ2n) is 6.15. The smallest absolute Gasteiger partial charge is 0.221 e. The van der Waals surface area contributed by atoms with E-state index in [1.54, 1.807) is 0 Å². The zero-order chi connectivity index (χ0) is 15.0. The fourth-order valence-electron chi connectivity index (χ4n) is 2.72. The first kappa shape index (κ1) is 17.0. The molecule has 0 spiro atoms. The molecule has 0 aliphatic heterocycles. The fourth-order valence-corrected chi connectivity index (χ4v) is 2.72. The third kappa shape index (κ3) is 6.89. The molecule has 0 bridgehead atoms. The van der Waals surface area contributed by atoms with E-state index in [9.17, 15) is 9.59 Å². The predicted molar refractivity (Wildman–Crippen MR) is 80.0 cm³/mol. The molecule has 2 amide bonds. The first-order valence-electron chi connectivity index (χ1n) is 7.77. The zero-order valence-electron chi connectivity index (χ0n) is 12.8. The van der Waals surface area contributed by atoms with E-state index >= 15 is 0 Å². The molecule has 1 fully saturated rings. The van der Waals surface area contributed by atoms with Crippen molar-refractivity contribution in [2.24, 2.45) is 17.6 Å². The van der Waals surface area contributed by atoms with Crippen molar-refractivity contribution >= 4 is 11.8 Å². The van der Waals surface area contributed by atoms with Crippen molar-refractivity contribution in [3.63, 3.8) is 0 Å². The Bertz CT molecular complexity index is 310. The van der Waals surface area contributed by atoms with Crippen LogP contribution < -0.4 is 16.4 Å². The van der Waals surface area contributed by atoms with Gasteiger partial charge in [0.2, 0.25) is 11.8 Å². The number of carbonyl (C=O) groups is 2. The molecule has 0 radical (unpaired) electrons. The number of amides is 2. The average molecular weight is 283 g/mol. The van der Waals surface area contributed by atoms with Crippen LogP contribution in [0, 0.1) is 11.8 Å². The van der Waals surface area contributed by atoms with Gasteiger partial charge in [0.25, 0.3) is 0 Å². The van der Waals surface area contributed by atoms with Crippen LogP contribution in [0.2, 0.25) is 0 Å². The van der Waals surface area contributed by atoms with E-state index in [1.165, 1.54) is 0 Å². The van der Waals surface area contributed by atoms with Crippen LogP contribution in [0.15, 0.2) is 0 Å². The maximum Gasteiger partial charge on any atom is 0.221 e. The van der Waals surface area contributed by atoms with Crippen LogP contribution >= 0.6 is 0 Å². The SMILES string of the molecule is CC(C)NC(=O)CCNC(=O)CC1CCC(CN)CC1. The van der Waals surface area contributed by atoms with Crippen LogP contribution in [0.5, 0.6) is 0 Å². The molecule has 4 N–H and O–H groups in total. The van der Waals surface area contributed by atoms with Gasteiger partial charge in [0.15, 0.2) is 0 Å². The Hall–Kier alpha value is -1.10. The molecule has 5 nitrogen and oxygen atoms in total. The lowest BCUT2D eigenvalue weighted by atomic mass is 9.80. The van der Waals surface area contributed by atoms with Crippen LogP contribution in [0.4, 0.5) is 0 Å². The minimum Gasteiger partial charge on any atom is -0.356 e. The lowest BCUT2D eigenvalue weighted by Crippen LogP contribution is -2.34. The minimum atomic E-state index is -0.0104. The largest absolute Gasteiger partial charge is 0.356 e. The molecule has 0 aromatic carbocycles. The molecule has 116 valence electrons. The molecule has 0 heterocycles. The Morgan fingerprint density at radius 2 is 1.70 bits per heavy atom. The summed E-state index contributed by atoms with van der Waals surface area (Å²) in [6.45, 7) is 5.04. The lowest BCUT2D eigenvalue weighted by Gasteiger charge is -2.27. The number of nitrogens with two attached hydrogens (primary N) is 1. The Labute approximate surface area is 122 Å². The summed E-state index contributed by atoms with van der Waals surface area (Å²) in [6, 6.07) is 0.149. The van der Waals surface area contributed by atoms with Gasteiger partial charge in [-0.15, -0.1) is 0 Å². The van der Waals surface area contributed by atoms with Gasteiger partial charge in [-0.2, -0.15) is 0 Å². The third-order valence-corrected chi connectivity index (χ3v) is 3.90. The molecule has 1 saturated carbocycles. The van der Waals surface area contributed by atoms with Gasteiger partial charge < -0.3 is 16.4 Å². The summed E-state index contributed by atoms with van der Waals surface area (Å²) in [6.07, 6.45) is 5.43. The summed E-state index contributed by atoms with van der Waals surface area (Å²) in [7, 11) is 0. The lowest BCUT2D eigenvalue weighted by molar-refractivity contribution is -0.123. The molecule has 1 rings (SSSR count). The Kier molecular flexibility index (Phi) is 7.59. The maximum absolute atomic E-state index is 11.8. The topological polar surface area (TPSA) is 84.2 Å². The molecule has 0 atom stereocenters. The van der Waals surface area contributed by atoms with Crippen molar-refractivity contribution in [1.82, 2.24) is 10.6 Å². The highest BCUT2D eigenvalue weighted by Gasteiger charge is 2.22. The number of hydrogen-bond acceptors (Lipinski definition) is 3. The molecule has 20 heavy (non-hydrogen) atoms. The quantitative estimate of drug-likeness (QED) is 0.656. The standard InChI is InChI=1S/C15H29N3O2/c1-11(2)18-14(19)7-8-17-15(20)9-12-3-5-13(10-16)6-4-12/h11-13H,3-10,16H2,1-2H3,(H,17,20)(H,18,19). The van der Waals surface area contributed by atoms with Crippen LogP contribution in [0.1, 0.15) is 52.4 Å². The van der Waals surface area contributed by atoms with Crippen molar-refractivity contribution < 1.29 is 9.59 Å². The molecule has 1 aliphatic rings.